The summed E-state index contributed by atoms with van der Waals surface area (Å²) >= 11 is 0. The molecule has 1 fully saturated rings. The molecule has 0 N–H and O–H groups in total. The van der Waals surface area contributed by atoms with Crippen LogP contribution < -0.4 is 0 Å². The van der Waals surface area contributed by atoms with Gasteiger partial charge in [-0.2, -0.15) is 0 Å². The van der Waals surface area contributed by atoms with Crippen molar-refractivity contribution in [2.45, 2.75) is 6.42 Å². The first-order valence-electron chi connectivity index (χ1n) is 3.68. The zero-order valence-corrected chi connectivity index (χ0v) is 6.96. The number of likely N-dealkylation sites (N-methyl/N-ethyl adjacent to an activating group) is 1. The lowest BCUT2D eigenvalue weighted by molar-refractivity contribution is -0.134. The number of methoxy groups -OCH3 is 1. The Bertz CT molecular complexity index is 187. The molecule has 1 heterocycles. The largest absolute Gasteiger partial charge is 0.466 e. The number of nitrogens with zero attached hydrogens (tertiary/aromatic N) is 1. The van der Waals surface area contributed by atoms with E-state index >= 15 is 0 Å². The van der Waals surface area contributed by atoms with Gasteiger partial charge in [-0.1, -0.05) is 0 Å². The van der Waals surface area contributed by atoms with Crippen molar-refractivity contribution in [3.8, 4) is 0 Å². The highest BCUT2D eigenvalue weighted by atomic mass is 16.5. The molecule has 1 saturated heterocycles. The lowest BCUT2D eigenvalue weighted by Gasteiger charge is -2.02. The lowest BCUT2D eigenvalue weighted by atomic mass is 10.2. The van der Waals surface area contributed by atoms with Crippen molar-refractivity contribution in [1.82, 2.24) is 4.90 Å². The molecule has 0 aliphatic carbocycles. The van der Waals surface area contributed by atoms with Crippen LogP contribution in [0.5, 0.6) is 0 Å². The molecule has 1 aliphatic heterocycles. The number of rotatable bonds is 1. The quantitative estimate of drug-likeness (QED) is 0.406. The van der Waals surface area contributed by atoms with Crippen LogP contribution in [0, 0.1) is 0 Å². The van der Waals surface area contributed by atoms with Crippen LogP contribution in [0.15, 0.2) is 11.6 Å². The van der Waals surface area contributed by atoms with Gasteiger partial charge in [0.05, 0.1) is 7.11 Å². The summed E-state index contributed by atoms with van der Waals surface area (Å²) in [6.07, 6.45) is 2.58. The minimum Gasteiger partial charge on any atom is -0.466 e. The molecular weight excluding hydrogens is 142 g/mol. The molecule has 0 spiro atoms. The van der Waals surface area contributed by atoms with Gasteiger partial charge in [-0.05, 0) is 19.0 Å². The van der Waals surface area contributed by atoms with Crippen molar-refractivity contribution >= 4 is 5.97 Å². The molecule has 3 nitrogen and oxygen atoms in total. The SMILES string of the molecule is COC(=O)/C=C1/CCN(C)C1. The first kappa shape index (κ1) is 8.27. The molecule has 3 heteroatoms. The maximum Gasteiger partial charge on any atom is 0.330 e. The molecule has 0 bridgehead atoms. The van der Waals surface area contributed by atoms with Gasteiger partial charge in [0.2, 0.25) is 0 Å². The molecule has 62 valence electrons. The summed E-state index contributed by atoms with van der Waals surface area (Å²) in [5, 5.41) is 0. The Morgan fingerprint density at radius 3 is 2.91 bits per heavy atom. The van der Waals surface area contributed by atoms with Gasteiger partial charge in [0, 0.05) is 19.2 Å². The molecule has 0 aromatic heterocycles. The van der Waals surface area contributed by atoms with Crippen LogP contribution in [0.1, 0.15) is 6.42 Å². The Labute approximate surface area is 66.6 Å². The highest BCUT2D eigenvalue weighted by molar-refractivity contribution is 5.82. The molecule has 11 heavy (non-hydrogen) atoms. The summed E-state index contributed by atoms with van der Waals surface area (Å²) in [6.45, 7) is 1.94. The van der Waals surface area contributed by atoms with Gasteiger partial charge in [0.1, 0.15) is 0 Å². The average Bonchev–Trinajstić information content (AvgIpc) is 2.35. The lowest BCUT2D eigenvalue weighted by Crippen LogP contribution is -2.11. The predicted molar refractivity (Wildman–Crippen MR) is 42.2 cm³/mol. The first-order valence-corrected chi connectivity index (χ1v) is 3.68. The van der Waals surface area contributed by atoms with E-state index in [0.717, 1.165) is 19.5 Å². The van der Waals surface area contributed by atoms with E-state index in [1.54, 1.807) is 6.08 Å². The highest BCUT2D eigenvalue weighted by Gasteiger charge is 2.12. The second-order valence-electron chi connectivity index (χ2n) is 2.81. The first-order chi connectivity index (χ1) is 5.22. The zero-order chi connectivity index (χ0) is 8.27. The molecule has 1 aliphatic rings. The van der Waals surface area contributed by atoms with Gasteiger partial charge in [-0.3, -0.25) is 0 Å². The third-order valence-electron chi connectivity index (χ3n) is 1.81. The Morgan fingerprint density at radius 1 is 1.73 bits per heavy atom. The minimum absolute atomic E-state index is 0.240. The summed E-state index contributed by atoms with van der Waals surface area (Å²) in [5.74, 6) is -0.240. The fourth-order valence-electron chi connectivity index (χ4n) is 1.18. The summed E-state index contributed by atoms with van der Waals surface area (Å²) in [7, 11) is 3.44. The summed E-state index contributed by atoms with van der Waals surface area (Å²) in [6, 6.07) is 0. The number of likely N-dealkylation sites (tertiary alicyclic amines) is 1. The molecule has 0 amide bonds. The van der Waals surface area contributed by atoms with E-state index in [9.17, 15) is 4.79 Å². The zero-order valence-electron chi connectivity index (χ0n) is 6.96. The number of esters is 1. The second-order valence-corrected chi connectivity index (χ2v) is 2.81. The van der Waals surface area contributed by atoms with Crippen LogP contribution in [0.4, 0.5) is 0 Å². The van der Waals surface area contributed by atoms with Gasteiger partial charge in [0.25, 0.3) is 0 Å². The van der Waals surface area contributed by atoms with E-state index in [1.807, 2.05) is 7.05 Å². The smallest absolute Gasteiger partial charge is 0.330 e. The van der Waals surface area contributed by atoms with Crippen LogP contribution in [-0.4, -0.2) is 38.1 Å². The molecule has 0 radical (unpaired) electrons. The molecule has 0 aromatic rings. The van der Waals surface area contributed by atoms with Crippen LogP contribution in [0.3, 0.4) is 0 Å². The maximum absolute atomic E-state index is 10.8. The number of hydrogen-bond donors (Lipinski definition) is 0. The standard InChI is InChI=1S/C8H13NO2/c1-9-4-3-7(6-9)5-8(10)11-2/h5H,3-4,6H2,1-2H3/b7-5-. The minimum atomic E-state index is -0.240. The van der Waals surface area contributed by atoms with Crippen LogP contribution in [-0.2, 0) is 9.53 Å². The third kappa shape index (κ3) is 2.35. The number of carbonyl (C=O) groups excluding carboxylic acids is 1. The van der Waals surface area contributed by atoms with E-state index in [0.29, 0.717) is 0 Å². The van der Waals surface area contributed by atoms with Crippen LogP contribution in [0.2, 0.25) is 0 Å². The molecular formula is C8H13NO2. The number of ether oxygens (including phenoxy) is 1. The topological polar surface area (TPSA) is 29.5 Å². The summed E-state index contributed by atoms with van der Waals surface area (Å²) < 4.78 is 4.51. The molecule has 0 unspecified atom stereocenters. The molecule has 0 aromatic carbocycles. The van der Waals surface area contributed by atoms with Crippen molar-refractivity contribution in [1.29, 1.82) is 0 Å². The van der Waals surface area contributed by atoms with Gasteiger partial charge in [0.15, 0.2) is 0 Å². The molecule has 0 atom stereocenters. The van der Waals surface area contributed by atoms with E-state index in [1.165, 1.54) is 12.7 Å². The number of carbonyl (C=O) groups is 1. The van der Waals surface area contributed by atoms with Crippen molar-refractivity contribution in [3.05, 3.63) is 11.6 Å². The number of hydrogen-bond acceptors (Lipinski definition) is 3. The fraction of sp³-hybridized carbons (Fsp3) is 0.625. The van der Waals surface area contributed by atoms with E-state index < -0.39 is 0 Å². The third-order valence-corrected chi connectivity index (χ3v) is 1.81. The second kappa shape index (κ2) is 3.53. The van der Waals surface area contributed by atoms with Crippen molar-refractivity contribution in [3.63, 3.8) is 0 Å². The molecule has 0 saturated carbocycles. The molecule has 1 rings (SSSR count). The van der Waals surface area contributed by atoms with E-state index in [-0.39, 0.29) is 5.97 Å². The van der Waals surface area contributed by atoms with Crippen LogP contribution in [0.25, 0.3) is 0 Å². The summed E-state index contributed by atoms with van der Waals surface area (Å²) in [5.41, 5.74) is 1.17. The Balaban J connectivity index is 2.48. The van der Waals surface area contributed by atoms with Gasteiger partial charge < -0.3 is 9.64 Å². The average molecular weight is 155 g/mol. The Kier molecular flexibility index (Phi) is 2.65. The van der Waals surface area contributed by atoms with E-state index in [2.05, 4.69) is 9.64 Å². The fourth-order valence-corrected chi connectivity index (χ4v) is 1.18. The normalized spacial score (nSPS) is 22.5. The predicted octanol–water partition coefficient (Wildman–Crippen LogP) is 0.421. The van der Waals surface area contributed by atoms with Crippen molar-refractivity contribution in [2.75, 3.05) is 27.2 Å². The highest BCUT2D eigenvalue weighted by Crippen LogP contribution is 2.12. The van der Waals surface area contributed by atoms with Gasteiger partial charge in [-0.15, -0.1) is 0 Å². The van der Waals surface area contributed by atoms with Crippen molar-refractivity contribution in [2.24, 2.45) is 0 Å². The Morgan fingerprint density at radius 2 is 2.45 bits per heavy atom. The van der Waals surface area contributed by atoms with E-state index in [4.69, 9.17) is 0 Å². The van der Waals surface area contributed by atoms with Crippen molar-refractivity contribution < 1.29 is 9.53 Å². The Hall–Kier alpha value is -0.830. The monoisotopic (exact) mass is 155 g/mol. The van der Waals surface area contributed by atoms with Crippen LogP contribution >= 0.6 is 0 Å². The van der Waals surface area contributed by atoms with Gasteiger partial charge >= 0.3 is 5.97 Å². The summed E-state index contributed by atoms with van der Waals surface area (Å²) in [4.78, 5) is 12.9. The van der Waals surface area contributed by atoms with Gasteiger partial charge in [-0.25, -0.2) is 4.79 Å². The maximum atomic E-state index is 10.8.